The average molecular weight is 370 g/mol. The predicted octanol–water partition coefficient (Wildman–Crippen LogP) is 3.33. The summed E-state index contributed by atoms with van der Waals surface area (Å²) in [6.45, 7) is 2.19. The van der Waals surface area contributed by atoms with E-state index in [4.69, 9.17) is 0 Å². The summed E-state index contributed by atoms with van der Waals surface area (Å²) in [5, 5.41) is 11.4. The number of nitrogens with zero attached hydrogens (tertiary/aromatic N) is 3. The summed E-state index contributed by atoms with van der Waals surface area (Å²) in [6, 6.07) is 20.8. The van der Waals surface area contributed by atoms with Gasteiger partial charge in [0.25, 0.3) is 11.5 Å². The highest BCUT2D eigenvalue weighted by Gasteiger charge is 2.15. The molecule has 0 bridgehead atoms. The van der Waals surface area contributed by atoms with Gasteiger partial charge in [0.05, 0.1) is 11.6 Å². The molecule has 1 N–H and O–H groups in total. The Kier molecular flexibility index (Phi) is 4.68. The van der Waals surface area contributed by atoms with Crippen molar-refractivity contribution in [2.75, 3.05) is 0 Å². The maximum Gasteiger partial charge on any atom is 0.292 e. The summed E-state index contributed by atoms with van der Waals surface area (Å²) in [5.74, 6) is -0.463. The van der Waals surface area contributed by atoms with E-state index in [-0.39, 0.29) is 11.3 Å². The van der Waals surface area contributed by atoms with Crippen molar-refractivity contribution in [2.45, 2.75) is 13.5 Å². The second-order valence-corrected chi connectivity index (χ2v) is 6.28. The molecule has 0 fully saturated rings. The lowest BCUT2D eigenvalue weighted by atomic mass is 10.1. The minimum absolute atomic E-state index is 0.173. The number of fused-ring (bicyclic) bond motifs is 2. The number of aryl methyl sites for hydroxylation is 1. The summed E-state index contributed by atoms with van der Waals surface area (Å²) < 4.78 is 1.28. The highest BCUT2D eigenvalue weighted by Crippen LogP contribution is 2.17. The zero-order chi connectivity index (χ0) is 19.5. The third kappa shape index (κ3) is 3.16. The van der Waals surface area contributed by atoms with Gasteiger partial charge in [0.2, 0.25) is 0 Å². The zero-order valence-electron chi connectivity index (χ0n) is 15.3. The molecule has 1 heterocycles. The quantitative estimate of drug-likeness (QED) is 0.442. The van der Waals surface area contributed by atoms with E-state index in [0.29, 0.717) is 17.3 Å². The number of amides is 1. The first-order chi connectivity index (χ1) is 13.7. The van der Waals surface area contributed by atoms with Gasteiger partial charge in [-0.2, -0.15) is 10.2 Å². The van der Waals surface area contributed by atoms with Crippen molar-refractivity contribution in [3.8, 4) is 0 Å². The fraction of sp³-hybridized carbons (Fsp3) is 0.0909. The second-order valence-electron chi connectivity index (χ2n) is 6.28. The smallest absolute Gasteiger partial charge is 0.267 e. The van der Waals surface area contributed by atoms with Crippen molar-refractivity contribution in [3.05, 3.63) is 88.3 Å². The van der Waals surface area contributed by atoms with E-state index in [1.165, 1.54) is 4.68 Å². The molecular formula is C22H18N4O2. The van der Waals surface area contributed by atoms with Gasteiger partial charge in [-0.1, -0.05) is 60.7 Å². The van der Waals surface area contributed by atoms with Crippen LogP contribution >= 0.6 is 0 Å². The first-order valence-electron chi connectivity index (χ1n) is 9.00. The third-order valence-electron chi connectivity index (χ3n) is 4.58. The number of carbonyl (C=O) groups excluding carboxylic acids is 1. The summed E-state index contributed by atoms with van der Waals surface area (Å²) in [7, 11) is 0. The molecule has 4 aromatic rings. The van der Waals surface area contributed by atoms with Crippen molar-refractivity contribution in [2.24, 2.45) is 5.10 Å². The summed E-state index contributed by atoms with van der Waals surface area (Å²) in [5.41, 5.74) is 3.38. The molecule has 0 saturated carbocycles. The maximum absolute atomic E-state index is 12.7. The molecule has 0 radical (unpaired) electrons. The topological polar surface area (TPSA) is 76.3 Å². The van der Waals surface area contributed by atoms with Crippen molar-refractivity contribution >= 4 is 33.7 Å². The molecule has 6 heteroatoms. The van der Waals surface area contributed by atoms with Crippen LogP contribution in [0.25, 0.3) is 21.5 Å². The van der Waals surface area contributed by atoms with Gasteiger partial charge in [-0.3, -0.25) is 9.59 Å². The fourth-order valence-corrected chi connectivity index (χ4v) is 3.19. The van der Waals surface area contributed by atoms with Gasteiger partial charge in [-0.25, -0.2) is 10.1 Å². The fourth-order valence-electron chi connectivity index (χ4n) is 3.19. The van der Waals surface area contributed by atoms with Crippen LogP contribution < -0.4 is 11.0 Å². The Morgan fingerprint density at radius 2 is 1.68 bits per heavy atom. The molecular weight excluding hydrogens is 352 g/mol. The van der Waals surface area contributed by atoms with E-state index in [1.54, 1.807) is 30.5 Å². The second kappa shape index (κ2) is 7.44. The van der Waals surface area contributed by atoms with Crippen LogP contribution in [0.4, 0.5) is 0 Å². The van der Waals surface area contributed by atoms with Crippen LogP contribution in [0.15, 0.2) is 76.6 Å². The Morgan fingerprint density at radius 1 is 1.00 bits per heavy atom. The standard InChI is InChI=1S/C22H18N4O2/c1-2-26-22(28)19-13-6-5-12-18(19)20(25-26)21(27)24-23-14-16-10-7-9-15-8-3-4-11-17(15)16/h3-14H,2H2,1H3,(H,24,27)/b23-14-. The Bertz CT molecular complexity index is 1270. The molecule has 0 aliphatic rings. The molecule has 1 aromatic heterocycles. The van der Waals surface area contributed by atoms with E-state index in [1.807, 2.05) is 49.4 Å². The van der Waals surface area contributed by atoms with Crippen LogP contribution in [0.5, 0.6) is 0 Å². The largest absolute Gasteiger partial charge is 0.292 e. The summed E-state index contributed by atoms with van der Waals surface area (Å²) in [4.78, 5) is 25.1. The van der Waals surface area contributed by atoms with Crippen LogP contribution in [-0.4, -0.2) is 21.9 Å². The van der Waals surface area contributed by atoms with Crippen LogP contribution in [0.1, 0.15) is 23.0 Å². The van der Waals surface area contributed by atoms with E-state index in [2.05, 4.69) is 15.6 Å². The predicted molar refractivity (Wildman–Crippen MR) is 111 cm³/mol. The van der Waals surface area contributed by atoms with Crippen molar-refractivity contribution in [3.63, 3.8) is 0 Å². The minimum Gasteiger partial charge on any atom is -0.267 e. The summed E-state index contributed by atoms with van der Waals surface area (Å²) >= 11 is 0. The van der Waals surface area contributed by atoms with Crippen molar-refractivity contribution in [1.82, 2.24) is 15.2 Å². The van der Waals surface area contributed by atoms with Crippen LogP contribution in [0.2, 0.25) is 0 Å². The van der Waals surface area contributed by atoms with Crippen molar-refractivity contribution < 1.29 is 4.79 Å². The average Bonchev–Trinajstić information content (AvgIpc) is 2.74. The molecule has 138 valence electrons. The van der Waals surface area contributed by atoms with Crippen LogP contribution in [0, 0.1) is 0 Å². The van der Waals surface area contributed by atoms with E-state index >= 15 is 0 Å². The Balaban J connectivity index is 1.67. The lowest BCUT2D eigenvalue weighted by Crippen LogP contribution is -2.28. The SMILES string of the molecule is CCn1nc(C(=O)N/N=C\c2cccc3ccccc23)c2ccccc2c1=O. The highest BCUT2D eigenvalue weighted by atomic mass is 16.2. The molecule has 0 saturated heterocycles. The number of benzene rings is 3. The number of rotatable bonds is 4. The number of hydrogen-bond donors (Lipinski definition) is 1. The number of hydrogen-bond acceptors (Lipinski definition) is 4. The molecule has 28 heavy (non-hydrogen) atoms. The van der Waals surface area contributed by atoms with Gasteiger partial charge in [0.1, 0.15) is 0 Å². The molecule has 0 aliphatic carbocycles. The van der Waals surface area contributed by atoms with Crippen LogP contribution in [-0.2, 0) is 6.54 Å². The molecule has 0 spiro atoms. The molecule has 0 atom stereocenters. The van der Waals surface area contributed by atoms with Gasteiger partial charge in [0.15, 0.2) is 5.69 Å². The van der Waals surface area contributed by atoms with E-state index in [9.17, 15) is 9.59 Å². The lowest BCUT2D eigenvalue weighted by molar-refractivity contribution is 0.0949. The maximum atomic E-state index is 12.7. The Labute approximate surface area is 161 Å². The third-order valence-corrected chi connectivity index (χ3v) is 4.58. The molecule has 4 rings (SSSR count). The minimum atomic E-state index is -0.463. The van der Waals surface area contributed by atoms with Gasteiger partial charge in [-0.15, -0.1) is 0 Å². The number of carbonyl (C=O) groups is 1. The lowest BCUT2D eigenvalue weighted by Gasteiger charge is -2.08. The normalized spacial score (nSPS) is 11.3. The van der Waals surface area contributed by atoms with Gasteiger partial charge < -0.3 is 0 Å². The Hall–Kier alpha value is -3.80. The number of hydrazone groups is 1. The first-order valence-corrected chi connectivity index (χ1v) is 9.00. The first kappa shape index (κ1) is 17.6. The van der Waals surface area contributed by atoms with Gasteiger partial charge >= 0.3 is 0 Å². The number of nitrogens with one attached hydrogen (secondary N) is 1. The van der Waals surface area contributed by atoms with Crippen molar-refractivity contribution in [1.29, 1.82) is 0 Å². The summed E-state index contributed by atoms with van der Waals surface area (Å²) in [6.07, 6.45) is 1.61. The van der Waals surface area contributed by atoms with E-state index < -0.39 is 5.91 Å². The zero-order valence-corrected chi connectivity index (χ0v) is 15.3. The van der Waals surface area contributed by atoms with Gasteiger partial charge in [0, 0.05) is 17.5 Å². The van der Waals surface area contributed by atoms with E-state index in [0.717, 1.165) is 16.3 Å². The Morgan fingerprint density at radius 3 is 2.46 bits per heavy atom. The molecule has 1 amide bonds. The molecule has 3 aromatic carbocycles. The molecule has 0 unspecified atom stereocenters. The number of aromatic nitrogens is 2. The molecule has 0 aliphatic heterocycles. The van der Waals surface area contributed by atoms with Crippen LogP contribution in [0.3, 0.4) is 0 Å². The van der Waals surface area contributed by atoms with Gasteiger partial charge in [-0.05, 0) is 23.8 Å². The highest BCUT2D eigenvalue weighted by molar-refractivity contribution is 6.05. The monoisotopic (exact) mass is 370 g/mol. The molecule has 6 nitrogen and oxygen atoms in total.